The monoisotopic (exact) mass is 1950 g/mol. The Hall–Kier alpha value is -1.28. The molecule has 8 aliphatic heterocycles. The maximum atomic E-state index is 11.5. The van der Waals surface area contributed by atoms with Crippen LogP contribution < -0.4 is 22.9 Å². The molecule has 48 atom stereocenters. The maximum absolute atomic E-state index is 11.5. The molecule has 4 aliphatic carbocycles. The van der Waals surface area contributed by atoms with Gasteiger partial charge in [0.1, 0.15) is 48.8 Å². The summed E-state index contributed by atoms with van der Waals surface area (Å²) in [6.45, 7) is 42.6. The van der Waals surface area contributed by atoms with Crippen LogP contribution in [0.15, 0.2) is 0 Å². The third kappa shape index (κ3) is 30.7. The summed E-state index contributed by atoms with van der Waals surface area (Å²) in [6.07, 6.45) is 9.39. The molecular weight excluding hydrogens is 1750 g/mol. The molecule has 136 heavy (non-hydrogen) atoms. The molecule has 800 valence electrons. The van der Waals surface area contributed by atoms with Crippen molar-refractivity contribution in [2.75, 3.05) is 52.6 Å². The first-order valence-corrected chi connectivity index (χ1v) is 53.9. The minimum atomic E-state index is -1.12. The van der Waals surface area contributed by atoms with Gasteiger partial charge in [-0.3, -0.25) is 0 Å². The Morgan fingerprint density at radius 2 is 0.478 bits per heavy atom. The summed E-state index contributed by atoms with van der Waals surface area (Å²) in [5.41, 5.74) is 18.5. The minimum Gasteiger partial charge on any atom is -0.388 e. The van der Waals surface area contributed by atoms with Crippen molar-refractivity contribution in [3.05, 3.63) is 0 Å². The topological polar surface area (TPSA) is 495 Å². The van der Waals surface area contributed by atoms with E-state index in [2.05, 4.69) is 83.1 Å². The molecule has 20 N–H and O–H groups in total. The van der Waals surface area contributed by atoms with E-state index in [4.69, 9.17) is 98.7 Å². The van der Waals surface area contributed by atoms with Gasteiger partial charge in [0.05, 0.1) is 122 Å². The van der Waals surface area contributed by atoms with Gasteiger partial charge in [-0.2, -0.15) is 0 Å². The van der Waals surface area contributed by atoms with Gasteiger partial charge in [0.2, 0.25) is 0 Å². The Kier molecular flexibility index (Phi) is 47.9. The molecule has 32 nitrogen and oxygen atoms in total. The highest BCUT2D eigenvalue weighted by atomic mass is 16.7. The van der Waals surface area contributed by atoms with Gasteiger partial charge < -0.3 is 160 Å². The van der Waals surface area contributed by atoms with Crippen LogP contribution in [-0.4, -0.2) is 309 Å². The van der Waals surface area contributed by atoms with Crippen LogP contribution in [0.2, 0.25) is 0 Å². The first kappa shape index (κ1) is 118. The van der Waals surface area contributed by atoms with Crippen LogP contribution in [0.3, 0.4) is 0 Å². The summed E-state index contributed by atoms with van der Waals surface area (Å²) < 4.78 is 99.1. The predicted octanol–water partition coefficient (Wildman–Crippen LogP) is 10.2. The highest BCUT2D eigenvalue weighted by Gasteiger charge is 2.58. The van der Waals surface area contributed by atoms with Crippen LogP contribution in [0.4, 0.5) is 0 Å². The van der Waals surface area contributed by atoms with E-state index in [1.165, 1.54) is 0 Å². The zero-order valence-corrected chi connectivity index (χ0v) is 87.1. The average molecular weight is 1950 g/mol. The first-order valence-electron chi connectivity index (χ1n) is 53.9. The average Bonchev–Trinajstić information content (AvgIpc) is 0.784. The van der Waals surface area contributed by atoms with Gasteiger partial charge in [-0.15, -0.1) is 0 Å². The fourth-order valence-electron chi connectivity index (χ4n) is 24.8. The molecule has 8 heterocycles. The molecule has 0 bridgehead atoms. The van der Waals surface area contributed by atoms with Crippen LogP contribution in [-0.2, 0) is 75.8 Å². The Morgan fingerprint density at radius 3 is 0.772 bits per heavy atom. The number of unbranched alkanes of at least 4 members (excludes halogenated alkanes) is 1. The largest absolute Gasteiger partial charge is 0.388 e. The van der Waals surface area contributed by atoms with Crippen molar-refractivity contribution in [1.29, 1.82) is 0 Å². The summed E-state index contributed by atoms with van der Waals surface area (Å²) >= 11 is 0. The van der Waals surface area contributed by atoms with E-state index < -0.39 is 145 Å². The Labute approximate surface area is 816 Å². The van der Waals surface area contributed by atoms with E-state index in [0.717, 1.165) is 154 Å². The standard InChI is InChI=1S/4C26H49NO7/c1-6-19-20(28)25(31-14-26(19,5)30)34-23-17(4)13-16(3)22(21(23)29)33-24-15(2)10-11-18(32-24)9-7-8-12-27;1-6-18-11-10-17(9-8-12-27)24(32-18)33-22-15(3)13-16(4)23(21(22)29)34-25-20(28)19(7-2)26(5,30)14-31-25;1-6-18-11-10-15(3)24(32-18)34-23-17(9-8-12-27)13-16(4)22(21(23)29)33-25-20(28)19(7-2)26(5,30)14-31-25;1-6-18-11-10-15(3)24(32-18)33-22-16(4)13-17(9-8-12-27)23(21(22)29)34-25-20(28)19(7-2)26(5,30)14-31-25/h4*15-25,28-30H,6-14,27H2,1-5H3/t15-,16+,17-,18-,19-,20-,21+,22?,23?,24?,25?,26+;15-,16+,17+,18+,19+,20+,21-,22?,23?,24?,25?,26-;15-,16-,17+,18-,19-,20-,21-,22?,23?,24?,25?,26+;15-,16+,17-,18-,19-,20-,21+,22?,23?,24?,25?,26+/m1011/s1. The fourth-order valence-corrected chi connectivity index (χ4v) is 24.8. The Balaban J connectivity index is 0.000000203. The third-order valence-electron chi connectivity index (χ3n) is 33.5. The van der Waals surface area contributed by atoms with Crippen molar-refractivity contribution in [3.8, 4) is 0 Å². The van der Waals surface area contributed by atoms with Crippen LogP contribution in [0, 0.1) is 94.7 Å². The van der Waals surface area contributed by atoms with Gasteiger partial charge in [0.25, 0.3) is 0 Å². The highest BCUT2D eigenvalue weighted by molar-refractivity contribution is 5.03. The number of aliphatic hydroxyl groups excluding tert-OH is 8. The Bertz CT molecular complexity index is 3310. The van der Waals surface area contributed by atoms with E-state index >= 15 is 0 Å². The number of nitrogens with two attached hydrogens (primary N) is 4. The number of rotatable bonds is 36. The quantitative estimate of drug-likeness (QED) is 0.0259. The van der Waals surface area contributed by atoms with E-state index in [1.807, 2.05) is 27.7 Å². The lowest BCUT2D eigenvalue weighted by molar-refractivity contribution is -0.324. The van der Waals surface area contributed by atoms with Crippen LogP contribution >= 0.6 is 0 Å². The molecule has 4 saturated carbocycles. The van der Waals surface area contributed by atoms with Crippen LogP contribution in [0.25, 0.3) is 0 Å². The predicted molar refractivity (Wildman–Crippen MR) is 515 cm³/mol. The van der Waals surface area contributed by atoms with Gasteiger partial charge in [-0.1, -0.05) is 111 Å². The molecule has 0 amide bonds. The molecule has 0 radical (unpaired) electrons. The molecule has 0 aromatic rings. The highest BCUT2D eigenvalue weighted by Crippen LogP contribution is 2.48. The van der Waals surface area contributed by atoms with E-state index in [1.54, 1.807) is 27.7 Å². The molecule has 16 unspecified atom stereocenters. The number of ether oxygens (including phenoxy) is 16. The Morgan fingerprint density at radius 1 is 0.243 bits per heavy atom. The second-order valence-electron chi connectivity index (χ2n) is 45.1. The van der Waals surface area contributed by atoms with Crippen molar-refractivity contribution >= 4 is 0 Å². The zero-order valence-electron chi connectivity index (χ0n) is 87.1. The molecule has 32 heteroatoms. The van der Waals surface area contributed by atoms with Gasteiger partial charge in [-0.25, -0.2) is 0 Å². The van der Waals surface area contributed by atoms with Crippen molar-refractivity contribution in [2.45, 2.75) is 513 Å². The van der Waals surface area contributed by atoms with Crippen molar-refractivity contribution in [1.82, 2.24) is 0 Å². The molecule has 12 rings (SSSR count). The summed E-state index contributed by atoms with van der Waals surface area (Å²) in [5.74, 6) is 0.340. The van der Waals surface area contributed by atoms with Crippen LogP contribution in [0.1, 0.15) is 318 Å². The minimum absolute atomic E-state index is 0.0454. The van der Waals surface area contributed by atoms with Gasteiger partial charge in [0.15, 0.2) is 50.3 Å². The molecule has 0 aromatic heterocycles. The van der Waals surface area contributed by atoms with Gasteiger partial charge >= 0.3 is 0 Å². The van der Waals surface area contributed by atoms with E-state index in [-0.39, 0.29) is 171 Å². The fraction of sp³-hybridized carbons (Fsp3) is 1.00. The van der Waals surface area contributed by atoms with E-state index in [0.29, 0.717) is 51.9 Å². The molecule has 0 aromatic carbocycles. The molecular formula is C104H196N4O28. The molecule has 12 aliphatic rings. The third-order valence-corrected chi connectivity index (χ3v) is 33.5. The van der Waals surface area contributed by atoms with Crippen molar-refractivity contribution in [2.24, 2.45) is 118 Å². The number of hydrogen-bond acceptors (Lipinski definition) is 32. The molecule has 8 saturated heterocycles. The summed E-state index contributed by atoms with van der Waals surface area (Å²) in [6, 6.07) is 0. The van der Waals surface area contributed by atoms with Crippen LogP contribution in [0.5, 0.6) is 0 Å². The second-order valence-corrected chi connectivity index (χ2v) is 45.1. The molecule has 0 spiro atoms. The number of aliphatic hydroxyl groups is 12. The van der Waals surface area contributed by atoms with Crippen molar-refractivity contribution < 1.29 is 137 Å². The lowest BCUT2D eigenvalue weighted by Gasteiger charge is -2.49. The smallest absolute Gasteiger partial charge is 0.184 e. The van der Waals surface area contributed by atoms with E-state index in [9.17, 15) is 61.3 Å². The zero-order chi connectivity index (χ0) is 100. The number of hydrogen-bond donors (Lipinski definition) is 16. The molecule has 12 fully saturated rings. The summed E-state index contributed by atoms with van der Waals surface area (Å²) in [5, 5.41) is 132. The first-order chi connectivity index (χ1) is 64.4. The lowest BCUT2D eigenvalue weighted by Crippen LogP contribution is -2.60. The SMILES string of the molecule is CC[C@@H]1CC[C@@H](C)C(OC2[C@@H](CCCN)C[C@@H](C)C(OC3OC[C@](C)(O)[C@H](CC)[C@H]3O)[C@H]2O)O1.CC[C@@H]1CC[C@@H](C)C(OC2[C@H](O)C(OC3OC[C@](C)(O)[C@H](CC)[C@H]3O)[C@H](CCCN)C[C@@H]2C)O1.CC[C@@H]1CC[C@@H](CCCN)C(OC2[C@H](O)C(OC3OC[C@](C)(O)[C@H](CC)[C@H]3O)[C@H](C)C[C@@H]2C)O1.CC[C@@H]1[C@@H](O)C(OC2[C@@H](O)C(OC3O[C@H](CCCCN)CC[C@H]3C)[C@@H](C)C[C@H]2C)OC[C@]1(C)O. The lowest BCUT2D eigenvalue weighted by atomic mass is 9.74. The second kappa shape index (κ2) is 55.1. The summed E-state index contributed by atoms with van der Waals surface area (Å²) in [7, 11) is 0. The normalized spacial score (nSPS) is 48.1. The summed E-state index contributed by atoms with van der Waals surface area (Å²) in [4.78, 5) is 0. The van der Waals surface area contributed by atoms with Crippen molar-refractivity contribution in [3.63, 3.8) is 0 Å². The maximum Gasteiger partial charge on any atom is 0.184 e. The van der Waals surface area contributed by atoms with Gasteiger partial charge in [0, 0.05) is 47.3 Å². The van der Waals surface area contributed by atoms with Gasteiger partial charge in [-0.05, 0) is 281 Å².